The van der Waals surface area contributed by atoms with Crippen LogP contribution < -0.4 is 16.4 Å². The number of carbonyl (C=O) groups excluding carboxylic acids is 2. The maximum absolute atomic E-state index is 11.6. The Morgan fingerprint density at radius 2 is 1.19 bits per heavy atom. The number of rotatable bonds is 21. The van der Waals surface area contributed by atoms with Crippen LogP contribution in [0.25, 0.3) is 0 Å². The highest BCUT2D eigenvalue weighted by atomic mass is 16.6. The predicted molar refractivity (Wildman–Crippen MR) is 125 cm³/mol. The summed E-state index contributed by atoms with van der Waals surface area (Å²) in [7, 11) is 1.42. The number of hydrogen-bond acceptors (Lipinski definition) is 4. The van der Waals surface area contributed by atoms with Crippen molar-refractivity contribution in [2.75, 3.05) is 26.7 Å². The van der Waals surface area contributed by atoms with Crippen LogP contribution in [0.4, 0.5) is 9.59 Å². The maximum Gasteiger partial charge on any atom is 0.407 e. The van der Waals surface area contributed by atoms with E-state index in [0.717, 1.165) is 12.8 Å². The fourth-order valence-corrected chi connectivity index (χ4v) is 3.42. The summed E-state index contributed by atoms with van der Waals surface area (Å²) in [5.41, 5.74) is 9.10. The lowest BCUT2D eigenvalue weighted by Gasteiger charge is -2.15. The van der Waals surface area contributed by atoms with E-state index in [4.69, 9.17) is 15.2 Å². The van der Waals surface area contributed by atoms with E-state index >= 15 is 0 Å². The smallest absolute Gasteiger partial charge is 0.407 e. The molecule has 1 unspecified atom stereocenters. The zero-order chi connectivity index (χ0) is 23.0. The van der Waals surface area contributed by atoms with Crippen molar-refractivity contribution in [3.63, 3.8) is 0 Å². The van der Waals surface area contributed by atoms with Gasteiger partial charge in [-0.1, -0.05) is 103 Å². The van der Waals surface area contributed by atoms with Gasteiger partial charge in [0.1, 0.15) is 6.61 Å². The zero-order valence-corrected chi connectivity index (χ0v) is 20.1. The summed E-state index contributed by atoms with van der Waals surface area (Å²) in [6, 6.07) is 0. The third-order valence-corrected chi connectivity index (χ3v) is 5.38. The van der Waals surface area contributed by atoms with Crippen molar-refractivity contribution in [1.82, 2.24) is 16.4 Å². The molecule has 7 nitrogen and oxygen atoms in total. The molecule has 2 radical (unpaired) electrons. The van der Waals surface area contributed by atoms with Gasteiger partial charge in [-0.2, -0.15) is 0 Å². The average molecular weight is 442 g/mol. The molecule has 0 aliphatic carbocycles. The monoisotopic (exact) mass is 441 g/mol. The quantitative estimate of drug-likeness (QED) is 0.221. The van der Waals surface area contributed by atoms with Gasteiger partial charge in [0.2, 0.25) is 0 Å². The lowest BCUT2D eigenvalue weighted by molar-refractivity contribution is 0.0486. The van der Waals surface area contributed by atoms with Crippen molar-refractivity contribution in [3.8, 4) is 0 Å². The molecule has 182 valence electrons. The van der Waals surface area contributed by atoms with E-state index in [0.29, 0.717) is 6.54 Å². The Balaban J connectivity index is 3.31. The van der Waals surface area contributed by atoms with Gasteiger partial charge in [0.05, 0.1) is 6.54 Å². The highest BCUT2D eigenvalue weighted by molar-refractivity contribution is 5.68. The molecule has 31 heavy (non-hydrogen) atoms. The van der Waals surface area contributed by atoms with Crippen LogP contribution in [0.15, 0.2) is 0 Å². The molecule has 0 saturated heterocycles. The van der Waals surface area contributed by atoms with Gasteiger partial charge in [-0.15, -0.1) is 5.73 Å². The van der Waals surface area contributed by atoms with Crippen LogP contribution in [-0.4, -0.2) is 45.0 Å². The molecule has 0 spiro atoms. The molecular weight excluding hydrogens is 394 g/mol. The summed E-state index contributed by atoms with van der Waals surface area (Å²) in [5, 5.41) is 4.96. The molecule has 0 aliphatic rings. The van der Waals surface area contributed by atoms with Crippen molar-refractivity contribution in [1.29, 1.82) is 0 Å². The van der Waals surface area contributed by atoms with Crippen molar-refractivity contribution < 1.29 is 19.1 Å². The van der Waals surface area contributed by atoms with Gasteiger partial charge in [-0.05, 0) is 6.42 Å². The van der Waals surface area contributed by atoms with Crippen molar-refractivity contribution in [2.45, 2.75) is 116 Å². The Morgan fingerprint density at radius 3 is 1.61 bits per heavy atom. The van der Waals surface area contributed by atoms with Crippen LogP contribution in [0.3, 0.4) is 0 Å². The molecule has 0 aromatic heterocycles. The normalized spacial score (nSPS) is 11.7. The summed E-state index contributed by atoms with van der Waals surface area (Å²) >= 11 is 0. The van der Waals surface area contributed by atoms with Crippen LogP contribution in [0, 0.1) is 0 Å². The number of hydrogen-bond donors (Lipinski definition) is 2. The molecule has 0 aliphatic heterocycles. The number of amides is 2. The van der Waals surface area contributed by atoms with E-state index in [2.05, 4.69) is 17.6 Å². The number of carbonyl (C=O) groups is 2. The van der Waals surface area contributed by atoms with E-state index in [1.54, 1.807) is 0 Å². The first-order valence-electron chi connectivity index (χ1n) is 12.5. The summed E-state index contributed by atoms with van der Waals surface area (Å²) < 4.78 is 9.79. The van der Waals surface area contributed by atoms with Crippen molar-refractivity contribution >= 4 is 12.2 Å². The maximum atomic E-state index is 11.6. The van der Waals surface area contributed by atoms with Gasteiger partial charge in [0.15, 0.2) is 6.10 Å². The largest absolute Gasteiger partial charge is 0.446 e. The van der Waals surface area contributed by atoms with Crippen LogP contribution in [0.2, 0.25) is 0 Å². The molecule has 7 heteroatoms. The molecule has 0 rings (SSSR count). The van der Waals surface area contributed by atoms with Crippen molar-refractivity contribution in [3.05, 3.63) is 0 Å². The van der Waals surface area contributed by atoms with Gasteiger partial charge in [0.25, 0.3) is 0 Å². The lowest BCUT2D eigenvalue weighted by Crippen LogP contribution is -2.35. The van der Waals surface area contributed by atoms with Gasteiger partial charge in [-0.3, -0.25) is 0 Å². The molecule has 2 N–H and O–H groups in total. The second kappa shape index (κ2) is 23.2. The Bertz CT molecular complexity index is 422. The Kier molecular flexibility index (Phi) is 22.0. The van der Waals surface area contributed by atoms with Crippen LogP contribution >= 0.6 is 0 Å². The number of ether oxygens (including phenoxy) is 2. The van der Waals surface area contributed by atoms with E-state index in [9.17, 15) is 9.59 Å². The summed E-state index contributed by atoms with van der Waals surface area (Å²) in [6.45, 7) is 2.26. The lowest BCUT2D eigenvalue weighted by atomic mass is 10.0. The van der Waals surface area contributed by atoms with Crippen molar-refractivity contribution in [2.24, 2.45) is 0 Å². The van der Waals surface area contributed by atoms with Gasteiger partial charge < -0.3 is 20.1 Å². The molecule has 2 amide bonds. The second-order valence-corrected chi connectivity index (χ2v) is 8.29. The van der Waals surface area contributed by atoms with E-state index in [1.165, 1.54) is 96.9 Å². The molecule has 0 fully saturated rings. The van der Waals surface area contributed by atoms with Crippen LogP contribution in [0.1, 0.15) is 110 Å². The highest BCUT2D eigenvalue weighted by Crippen LogP contribution is 2.13. The number of nitrogens with zero attached hydrogens (tertiary/aromatic N) is 1. The molecule has 1 atom stereocenters. The first kappa shape index (κ1) is 29.5. The molecule has 0 saturated carbocycles. The second-order valence-electron chi connectivity index (χ2n) is 8.29. The molecular formula is C24H47N3O4. The minimum absolute atomic E-state index is 0.172. The number of alkyl carbamates (subject to hydrolysis) is 2. The number of unbranched alkanes of at least 4 members (excludes halogenated alkanes) is 15. The summed E-state index contributed by atoms with van der Waals surface area (Å²) in [4.78, 5) is 22.7. The predicted octanol–water partition coefficient (Wildman–Crippen LogP) is 5.77. The standard InChI is InChI=1S/C24H47N3O4/c1-3-4-5-6-7-8-9-10-11-12-13-14-15-16-17-18-19-27-24(29)30-21-22(20-25)31-23(28)26-2/h22H,3-21H2,1-2H3,(H,26,28)(H,27,29). The molecule has 0 aromatic carbocycles. The summed E-state index contributed by atoms with van der Waals surface area (Å²) in [5.74, 6) is 0. The molecule has 0 bridgehead atoms. The minimum atomic E-state index is -0.860. The SMILES string of the molecule is CCCCCCCCCCCCCCCCCCNC(=O)OCC(C[N])OC(=O)NC. The topological polar surface area (TPSA) is 99.0 Å². The zero-order valence-electron chi connectivity index (χ0n) is 20.1. The molecule has 0 aromatic rings. The first-order valence-corrected chi connectivity index (χ1v) is 12.5. The Morgan fingerprint density at radius 1 is 0.742 bits per heavy atom. The van der Waals surface area contributed by atoms with Gasteiger partial charge in [0, 0.05) is 13.6 Å². The fraction of sp³-hybridized carbons (Fsp3) is 0.917. The van der Waals surface area contributed by atoms with Crippen LogP contribution in [0.5, 0.6) is 0 Å². The minimum Gasteiger partial charge on any atom is -0.446 e. The van der Waals surface area contributed by atoms with E-state index in [1.807, 2.05) is 0 Å². The fourth-order valence-electron chi connectivity index (χ4n) is 3.42. The summed E-state index contributed by atoms with van der Waals surface area (Å²) in [6.07, 6.45) is 19.0. The Hall–Kier alpha value is -1.50. The third kappa shape index (κ3) is 21.5. The van der Waals surface area contributed by atoms with Gasteiger partial charge in [-0.25, -0.2) is 9.59 Å². The first-order chi connectivity index (χ1) is 15.1. The number of nitrogens with one attached hydrogen (secondary N) is 2. The Labute approximate surface area is 190 Å². The average Bonchev–Trinajstić information content (AvgIpc) is 2.78. The van der Waals surface area contributed by atoms with E-state index in [-0.39, 0.29) is 6.61 Å². The highest BCUT2D eigenvalue weighted by Gasteiger charge is 2.15. The van der Waals surface area contributed by atoms with Gasteiger partial charge >= 0.3 is 12.2 Å². The van der Waals surface area contributed by atoms with Crippen LogP contribution in [-0.2, 0) is 9.47 Å². The van der Waals surface area contributed by atoms with E-state index < -0.39 is 24.8 Å². The third-order valence-electron chi connectivity index (χ3n) is 5.38. The molecule has 0 heterocycles.